The molecule has 0 spiro atoms. The Morgan fingerprint density at radius 2 is 0.309 bits per heavy atom. The number of nitrogens with two attached hydrogens (primary N) is 3. The number of nitrogens with zero attached hydrogens (tertiary/aromatic N) is 15. The van der Waals surface area contributed by atoms with Crippen LogP contribution in [0.4, 0.5) is 17.1 Å². The Morgan fingerprint density at radius 3 is 0.432 bits per heavy atom. The quantitative estimate of drug-likeness (QED) is 0.0298. The molecule has 12 aromatic rings. The average Bonchev–Trinajstić information content (AvgIpc) is 0.802. The first kappa shape index (κ1) is 117. The van der Waals surface area contributed by atoms with Crippen LogP contribution in [0.1, 0.15) is 34.2 Å². The van der Waals surface area contributed by atoms with E-state index in [1.165, 1.54) is 0 Å². The molecule has 0 aliphatic carbocycles. The van der Waals surface area contributed by atoms with Crippen molar-refractivity contribution in [3.63, 3.8) is 0 Å². The Labute approximate surface area is 955 Å². The number of aromatic nitrogens is 9. The zero-order valence-corrected chi connectivity index (χ0v) is 82.5. The van der Waals surface area contributed by atoms with Gasteiger partial charge in [0.05, 0.1) is 174 Å². The molecule has 0 saturated carbocycles. The normalized spacial score (nSPS) is 10.7. The van der Waals surface area contributed by atoms with E-state index in [0.29, 0.717) is 120 Å². The molecule has 3 aromatic carbocycles. The van der Waals surface area contributed by atoms with Crippen molar-refractivity contribution in [2.75, 3.05) is 95.7 Å². The molecule has 712 valence electrons. The fourth-order valence-electron chi connectivity index (χ4n) is 13.7. The predicted octanol–water partition coefficient (Wildman–Crippen LogP) is -8.82. The summed E-state index contributed by atoms with van der Waals surface area (Å²) in [6.45, 7) is -8.34. The van der Waals surface area contributed by atoms with E-state index >= 15 is 0 Å². The van der Waals surface area contributed by atoms with Gasteiger partial charge in [0, 0.05) is 135 Å². The summed E-state index contributed by atoms with van der Waals surface area (Å²) < 4.78 is 0. The SMILES string of the molecule is Nc1ccc(-c2cc(-c3cccc(CN(CC(=O)[O-])CC(=O)[O-])n3)nc(-c3cccc(CN(CC(=O)[O-])CC(=O)[O-])n3)c2)cc1.Nc1ccc(-c2cc(-c3cccc(CN(CC(=O)[O-])CC(=O)[O-])n3)nc(-c3cccc(CN(CC(=O)[O-])CC(=O)[O-])n3)c2)cc1.Nc1ccc(-c2cc(-c3cccc(CN(CC(=O)[O-])CC(=O)[O-])n3)nc(-c3cccc(CN(CC(=O)[O-])CC(=O)[O-])n3)c2)cc1.[Eu+3].[Eu+3].[Eu+3].[Eu+3]. The number of carboxylic acids is 12. The van der Waals surface area contributed by atoms with Gasteiger partial charge in [0.15, 0.2) is 0 Å². The fourth-order valence-corrected chi connectivity index (χ4v) is 13.7. The van der Waals surface area contributed by atoms with Crippen molar-refractivity contribution in [2.45, 2.75) is 39.3 Å². The number of benzene rings is 3. The van der Waals surface area contributed by atoms with Gasteiger partial charge >= 0.3 is 198 Å². The second kappa shape index (κ2) is 57.8. The van der Waals surface area contributed by atoms with E-state index in [2.05, 4.69) is 29.9 Å². The molecule has 12 rings (SSSR count). The molecule has 0 aliphatic rings. The van der Waals surface area contributed by atoms with Crippen molar-refractivity contribution < 1.29 is 316 Å². The smallest absolute Gasteiger partial charge is 0.549 e. The molecule has 0 saturated heterocycles. The molecule has 9 aromatic heterocycles. The molecule has 46 heteroatoms. The minimum Gasteiger partial charge on any atom is -0.549 e. The molecule has 0 aliphatic heterocycles. The maximum Gasteiger partial charge on any atom is 3.00 e. The zero-order valence-electron chi connectivity index (χ0n) is 72.8. The van der Waals surface area contributed by atoms with Crippen molar-refractivity contribution in [1.29, 1.82) is 0 Å². The van der Waals surface area contributed by atoms with Crippen LogP contribution in [0, 0.1) is 198 Å². The molecule has 42 nitrogen and oxygen atoms in total. The first-order valence-electron chi connectivity index (χ1n) is 40.5. The molecular weight excluding hydrogens is 2360 g/mol. The first-order valence-corrected chi connectivity index (χ1v) is 40.5. The van der Waals surface area contributed by atoms with Gasteiger partial charge in [0.2, 0.25) is 0 Å². The summed E-state index contributed by atoms with van der Waals surface area (Å²) in [5, 5.41) is 134. The van der Waals surface area contributed by atoms with Crippen molar-refractivity contribution in [1.82, 2.24) is 74.3 Å². The summed E-state index contributed by atoms with van der Waals surface area (Å²) in [5.41, 5.74) is 31.0. The molecule has 0 fully saturated rings. The second-order valence-corrected chi connectivity index (χ2v) is 30.2. The van der Waals surface area contributed by atoms with E-state index in [1.54, 1.807) is 182 Å². The van der Waals surface area contributed by atoms with E-state index in [-0.39, 0.29) is 237 Å². The van der Waals surface area contributed by atoms with Gasteiger partial charge in [-0.3, -0.25) is 29.4 Å². The molecule has 139 heavy (non-hydrogen) atoms. The monoisotopic (exact) mass is 2440 g/mol. The van der Waals surface area contributed by atoms with Crippen LogP contribution in [0.3, 0.4) is 0 Å². The topological polar surface area (TPSA) is 695 Å². The third-order valence-electron chi connectivity index (χ3n) is 19.2. The Hall–Kier alpha value is -10.9. The van der Waals surface area contributed by atoms with Gasteiger partial charge in [-0.25, -0.2) is 44.9 Å². The number of aliphatic carboxylic acids is 12. The first-order chi connectivity index (χ1) is 64.3. The summed E-state index contributed by atoms with van der Waals surface area (Å²) >= 11 is 0. The number of rotatable bonds is 45. The van der Waals surface area contributed by atoms with Gasteiger partial charge in [-0.15, -0.1) is 0 Å². The van der Waals surface area contributed by atoms with Gasteiger partial charge < -0.3 is 136 Å². The van der Waals surface area contributed by atoms with Crippen LogP contribution in [0.5, 0.6) is 0 Å². The number of pyridine rings is 9. The van der Waals surface area contributed by atoms with Crippen molar-refractivity contribution in [3.05, 3.63) is 253 Å². The van der Waals surface area contributed by atoms with Crippen LogP contribution < -0.4 is 78.5 Å². The molecule has 0 bridgehead atoms. The van der Waals surface area contributed by atoms with Crippen LogP contribution in [0.25, 0.3) is 102 Å². The zero-order chi connectivity index (χ0) is 97.5. The minimum absolute atomic E-state index is 0. The van der Waals surface area contributed by atoms with Crippen LogP contribution in [0.15, 0.2) is 218 Å². The molecule has 0 radical (unpaired) electrons. The van der Waals surface area contributed by atoms with E-state index in [9.17, 15) is 119 Å². The molecule has 6 N–H and O–H groups in total. The van der Waals surface area contributed by atoms with Gasteiger partial charge in [-0.1, -0.05) is 72.8 Å². The number of hydrogen-bond donors (Lipinski definition) is 3. The van der Waals surface area contributed by atoms with Crippen LogP contribution in [0.2, 0.25) is 0 Å². The van der Waals surface area contributed by atoms with Crippen molar-refractivity contribution >= 4 is 88.7 Å². The maximum atomic E-state index is 11.1. The minimum atomic E-state index is -1.45. The third-order valence-corrected chi connectivity index (χ3v) is 19.2. The number of carboxylic acid groups (broad SMARTS) is 12. The van der Waals surface area contributed by atoms with E-state index in [0.717, 1.165) is 62.8 Å². The summed E-state index contributed by atoms with van der Waals surface area (Å²) in [5.74, 6) is -17.4. The summed E-state index contributed by atoms with van der Waals surface area (Å²) in [7, 11) is 0. The summed E-state index contributed by atoms with van der Waals surface area (Å²) in [6, 6.07) is 61.9. The van der Waals surface area contributed by atoms with Gasteiger partial charge in [-0.2, -0.15) is 0 Å². The van der Waals surface area contributed by atoms with Crippen molar-refractivity contribution in [2.24, 2.45) is 0 Å². The Morgan fingerprint density at radius 1 is 0.180 bits per heavy atom. The van der Waals surface area contributed by atoms with Crippen LogP contribution >= 0.6 is 0 Å². The second-order valence-electron chi connectivity index (χ2n) is 30.2. The van der Waals surface area contributed by atoms with Gasteiger partial charge in [-0.05, 0) is 179 Å². The van der Waals surface area contributed by atoms with Crippen LogP contribution in [-0.4, -0.2) is 224 Å². The number of hydrogen-bond acceptors (Lipinski definition) is 42. The number of carbonyl (C=O) groups is 12. The van der Waals surface area contributed by atoms with E-state index < -0.39 is 150 Å². The largest absolute Gasteiger partial charge is 3.00 e. The van der Waals surface area contributed by atoms with Gasteiger partial charge in [0.1, 0.15) is 0 Å². The fraction of sp³-hybridized carbons (Fsp3) is 0.194. The Bertz CT molecular complexity index is 5370. The molecule has 0 atom stereocenters. The third kappa shape index (κ3) is 40.0. The molecule has 0 unspecified atom stereocenters. The predicted molar refractivity (Wildman–Crippen MR) is 453 cm³/mol. The standard InChI is InChI=1S/3C31H30N6O8.4Eu/c3*32-21-9-7-19(8-10-21)20-11-26(24-5-1-3-22(33-24)13-36(15-28(38)39)16-29(40)41)35-27(12-20)25-6-2-4-23(34-25)14-37(17-30(42)43)18-31(44)45;;;;/h3*1-12H,13-18,32H2,(H,38,39)(H,40,41)(H,42,43)(H,44,45);;;;/q;;;4*+3/p-12. The molecule has 9 heterocycles. The number of anilines is 3. The summed E-state index contributed by atoms with van der Waals surface area (Å²) in [6.07, 6.45) is 0. The van der Waals surface area contributed by atoms with Crippen molar-refractivity contribution in [3.8, 4) is 102 Å². The van der Waals surface area contributed by atoms with E-state index in [4.69, 9.17) is 32.2 Å². The average molecular weight is 2440 g/mol. The van der Waals surface area contributed by atoms with E-state index in [1.807, 2.05) is 36.4 Å². The molecular formula is C93H78Eu4N18O24. The van der Waals surface area contributed by atoms with Crippen LogP contribution in [-0.2, 0) is 96.8 Å². The Kier molecular flexibility index (Phi) is 48.6. The molecule has 0 amide bonds. The number of nitrogen functional groups attached to an aromatic ring is 3. The maximum absolute atomic E-state index is 11.1. The Balaban J connectivity index is 0.000000315. The summed E-state index contributed by atoms with van der Waals surface area (Å²) in [4.78, 5) is 182. The number of carbonyl (C=O) groups excluding carboxylic acids is 12. The van der Waals surface area contributed by atoms with Gasteiger partial charge in [0.25, 0.3) is 0 Å².